The average molecular weight is 455 g/mol. The zero-order chi connectivity index (χ0) is 22.3. The Hall–Kier alpha value is -2.08. The fourth-order valence-corrected chi connectivity index (χ4v) is 5.12. The van der Waals surface area contributed by atoms with E-state index in [-0.39, 0.29) is 11.9 Å². The smallest absolute Gasteiger partial charge is 0.252 e. The number of hydrogen-bond acceptors (Lipinski definition) is 4. The third kappa shape index (κ3) is 4.26. The first kappa shape index (κ1) is 21.7. The number of fused-ring (bicyclic) bond motifs is 1. The first-order valence-corrected chi connectivity index (χ1v) is 12.1. The maximum absolute atomic E-state index is 12.3. The van der Waals surface area contributed by atoms with Gasteiger partial charge in [-0.05, 0) is 62.1 Å². The van der Waals surface area contributed by atoms with Crippen molar-refractivity contribution in [3.8, 4) is 16.9 Å². The topological polar surface area (TPSA) is 50.8 Å². The van der Waals surface area contributed by atoms with E-state index in [9.17, 15) is 4.79 Å². The van der Waals surface area contributed by atoms with Crippen molar-refractivity contribution in [1.29, 1.82) is 0 Å². The number of nitrogens with one attached hydrogen (secondary N) is 1. The van der Waals surface area contributed by atoms with Gasteiger partial charge in [-0.1, -0.05) is 30.2 Å². The summed E-state index contributed by atoms with van der Waals surface area (Å²) < 4.78 is 12.7. The molecule has 1 spiro atoms. The van der Waals surface area contributed by atoms with Crippen LogP contribution >= 0.6 is 11.6 Å². The van der Waals surface area contributed by atoms with Crippen LogP contribution in [0, 0.1) is 0 Å². The van der Waals surface area contributed by atoms with Gasteiger partial charge >= 0.3 is 0 Å². The molecule has 1 N–H and O–H groups in total. The van der Waals surface area contributed by atoms with Crippen LogP contribution in [0.15, 0.2) is 36.4 Å². The lowest BCUT2D eigenvalue weighted by atomic mass is 9.89. The summed E-state index contributed by atoms with van der Waals surface area (Å²) in [6.07, 6.45) is 5.88. The predicted octanol–water partition coefficient (Wildman–Crippen LogP) is 5.40. The van der Waals surface area contributed by atoms with Crippen LogP contribution in [0.5, 0.6) is 5.75 Å². The molecule has 5 rings (SSSR count). The molecule has 1 saturated heterocycles. The minimum Gasteiger partial charge on any atom is -0.462 e. The Balaban J connectivity index is 1.29. The molecule has 1 saturated carbocycles. The van der Waals surface area contributed by atoms with Gasteiger partial charge in [-0.3, -0.25) is 9.69 Å². The molecule has 1 aliphatic carbocycles. The van der Waals surface area contributed by atoms with Gasteiger partial charge in [-0.15, -0.1) is 0 Å². The standard InChI is InChI=1S/C26H31ClN2O3/c1-17(2)28-25(30)22-8-6-19(15-23(22)27)18-7-9-24-20(14-18)16-31-26(32-24)10-12-29(13-11-26)21-4-3-5-21/h6-9,14-15,17,21H,3-5,10-13,16H2,1-2H3,(H,28,30). The summed E-state index contributed by atoms with van der Waals surface area (Å²) in [4.78, 5) is 14.9. The van der Waals surface area contributed by atoms with E-state index in [1.54, 1.807) is 6.07 Å². The second-order valence-corrected chi connectivity index (χ2v) is 9.97. The minimum absolute atomic E-state index is 0.0626. The molecule has 3 aliphatic rings. The molecule has 0 bridgehead atoms. The number of carbonyl (C=O) groups is 1. The molecular formula is C26H31ClN2O3. The quantitative estimate of drug-likeness (QED) is 0.672. The van der Waals surface area contributed by atoms with Gasteiger partial charge in [0.1, 0.15) is 5.75 Å². The Morgan fingerprint density at radius 1 is 1.12 bits per heavy atom. The molecular weight excluding hydrogens is 424 g/mol. The van der Waals surface area contributed by atoms with Crippen molar-refractivity contribution in [2.24, 2.45) is 0 Å². The second kappa shape index (κ2) is 8.69. The third-order valence-electron chi connectivity index (χ3n) is 6.96. The van der Waals surface area contributed by atoms with Gasteiger partial charge in [-0.2, -0.15) is 0 Å². The van der Waals surface area contributed by atoms with Crippen molar-refractivity contribution in [2.45, 2.75) is 70.4 Å². The molecule has 32 heavy (non-hydrogen) atoms. The highest BCUT2D eigenvalue weighted by molar-refractivity contribution is 6.34. The minimum atomic E-state index is -0.483. The molecule has 0 radical (unpaired) electrons. The molecule has 0 aromatic heterocycles. The van der Waals surface area contributed by atoms with Crippen LogP contribution in [-0.2, 0) is 11.3 Å². The fourth-order valence-electron chi connectivity index (χ4n) is 4.86. The van der Waals surface area contributed by atoms with Crippen molar-refractivity contribution in [2.75, 3.05) is 13.1 Å². The Morgan fingerprint density at radius 3 is 2.50 bits per heavy atom. The summed E-state index contributed by atoms with van der Waals surface area (Å²) >= 11 is 6.43. The number of likely N-dealkylation sites (tertiary alicyclic amines) is 1. The Labute approximate surface area is 195 Å². The molecule has 1 amide bonds. The van der Waals surface area contributed by atoms with E-state index >= 15 is 0 Å². The largest absolute Gasteiger partial charge is 0.462 e. The van der Waals surface area contributed by atoms with Crippen molar-refractivity contribution < 1.29 is 14.3 Å². The molecule has 0 atom stereocenters. The molecule has 5 nitrogen and oxygen atoms in total. The van der Waals surface area contributed by atoms with E-state index in [0.29, 0.717) is 17.2 Å². The number of hydrogen-bond donors (Lipinski definition) is 1. The number of halogens is 1. The van der Waals surface area contributed by atoms with E-state index in [4.69, 9.17) is 21.1 Å². The van der Waals surface area contributed by atoms with Crippen LogP contribution in [0.1, 0.15) is 61.9 Å². The van der Waals surface area contributed by atoms with Gasteiger partial charge in [0, 0.05) is 43.6 Å². The molecule has 6 heteroatoms. The van der Waals surface area contributed by atoms with Gasteiger partial charge in [0.2, 0.25) is 5.79 Å². The Bertz CT molecular complexity index is 1010. The first-order chi connectivity index (χ1) is 15.4. The Kier molecular flexibility index (Phi) is 5.91. The summed E-state index contributed by atoms with van der Waals surface area (Å²) in [6.45, 7) is 6.51. The van der Waals surface area contributed by atoms with Gasteiger partial charge < -0.3 is 14.8 Å². The summed E-state index contributed by atoms with van der Waals surface area (Å²) in [5.41, 5.74) is 3.54. The highest BCUT2D eigenvalue weighted by atomic mass is 35.5. The molecule has 0 unspecified atom stereocenters. The summed E-state index contributed by atoms with van der Waals surface area (Å²) in [6, 6.07) is 12.6. The van der Waals surface area contributed by atoms with Crippen molar-refractivity contribution in [3.63, 3.8) is 0 Å². The predicted molar refractivity (Wildman–Crippen MR) is 126 cm³/mol. The van der Waals surface area contributed by atoms with Crippen LogP contribution in [0.4, 0.5) is 0 Å². The van der Waals surface area contributed by atoms with Crippen molar-refractivity contribution in [1.82, 2.24) is 10.2 Å². The first-order valence-electron chi connectivity index (χ1n) is 11.7. The van der Waals surface area contributed by atoms with Gasteiger partial charge in [0.25, 0.3) is 5.91 Å². The maximum atomic E-state index is 12.3. The molecule has 2 aromatic rings. The molecule has 2 fully saturated rings. The summed E-state index contributed by atoms with van der Waals surface area (Å²) in [5, 5.41) is 3.33. The monoisotopic (exact) mass is 454 g/mol. The number of amides is 1. The number of ether oxygens (including phenoxy) is 2. The SMILES string of the molecule is CC(C)NC(=O)c1ccc(-c2ccc3c(c2)COC2(CCN(C4CCC4)CC2)O3)cc1Cl. The maximum Gasteiger partial charge on any atom is 0.252 e. The van der Waals surface area contributed by atoms with E-state index < -0.39 is 5.79 Å². The average Bonchev–Trinajstić information content (AvgIpc) is 2.73. The van der Waals surface area contributed by atoms with Gasteiger partial charge in [0.15, 0.2) is 0 Å². The normalized spacial score (nSPS) is 20.5. The van der Waals surface area contributed by atoms with E-state index in [2.05, 4.69) is 22.3 Å². The number of rotatable bonds is 4. The van der Waals surface area contributed by atoms with Crippen LogP contribution in [0.2, 0.25) is 5.02 Å². The van der Waals surface area contributed by atoms with Crippen LogP contribution in [-0.4, -0.2) is 41.8 Å². The lowest BCUT2D eigenvalue weighted by Crippen LogP contribution is -2.54. The molecule has 2 heterocycles. The highest BCUT2D eigenvalue weighted by Gasteiger charge is 2.42. The molecule has 170 valence electrons. The zero-order valence-corrected chi connectivity index (χ0v) is 19.6. The third-order valence-corrected chi connectivity index (χ3v) is 7.28. The fraction of sp³-hybridized carbons (Fsp3) is 0.500. The molecule has 2 aromatic carbocycles. The summed E-state index contributed by atoms with van der Waals surface area (Å²) in [7, 11) is 0. The highest BCUT2D eigenvalue weighted by Crippen LogP contribution is 2.40. The number of nitrogens with zero attached hydrogens (tertiary/aromatic N) is 1. The van der Waals surface area contributed by atoms with Crippen LogP contribution in [0.25, 0.3) is 11.1 Å². The molecule has 2 aliphatic heterocycles. The number of benzene rings is 2. The van der Waals surface area contributed by atoms with Crippen molar-refractivity contribution >= 4 is 17.5 Å². The zero-order valence-electron chi connectivity index (χ0n) is 18.8. The Morgan fingerprint density at radius 2 is 1.84 bits per heavy atom. The number of piperidine rings is 1. The van der Waals surface area contributed by atoms with E-state index in [0.717, 1.165) is 54.4 Å². The van der Waals surface area contributed by atoms with Gasteiger partial charge in [-0.25, -0.2) is 0 Å². The number of carbonyl (C=O) groups excluding carboxylic acids is 1. The second-order valence-electron chi connectivity index (χ2n) is 9.57. The van der Waals surface area contributed by atoms with Gasteiger partial charge in [0.05, 0.1) is 17.2 Å². The lowest BCUT2D eigenvalue weighted by Gasteiger charge is -2.47. The summed E-state index contributed by atoms with van der Waals surface area (Å²) in [5.74, 6) is 0.275. The van der Waals surface area contributed by atoms with Crippen LogP contribution < -0.4 is 10.1 Å². The van der Waals surface area contributed by atoms with Crippen LogP contribution in [0.3, 0.4) is 0 Å². The lowest BCUT2D eigenvalue weighted by molar-refractivity contribution is -0.231. The van der Waals surface area contributed by atoms with E-state index in [1.165, 1.54) is 19.3 Å². The van der Waals surface area contributed by atoms with Crippen molar-refractivity contribution in [3.05, 3.63) is 52.5 Å². The van der Waals surface area contributed by atoms with E-state index in [1.807, 2.05) is 32.0 Å².